The number of rotatable bonds is 2. The van der Waals surface area contributed by atoms with Crippen molar-refractivity contribution in [2.75, 3.05) is 0 Å². The second kappa shape index (κ2) is 2.28. The highest BCUT2D eigenvalue weighted by Crippen LogP contribution is 2.69. The maximum Gasteiger partial charge on any atom is 0.0513 e. The van der Waals surface area contributed by atoms with Crippen LogP contribution < -0.4 is 0 Å². The number of pyridine rings is 1. The standard InChI is InChI=1S/C10H10N4/c11-14-13-10-5-9(6-10,7-10)8-1-3-12-4-2-8/h1-4H,5-7H2. The van der Waals surface area contributed by atoms with Crippen molar-refractivity contribution in [1.82, 2.24) is 4.98 Å². The average molecular weight is 186 g/mol. The molecule has 1 heterocycles. The quantitative estimate of drug-likeness (QED) is 0.397. The summed E-state index contributed by atoms with van der Waals surface area (Å²) in [6.45, 7) is 0. The Kier molecular flexibility index (Phi) is 1.27. The molecule has 0 unspecified atom stereocenters. The molecule has 1 aromatic heterocycles. The molecule has 3 aliphatic rings. The molecule has 0 atom stereocenters. The normalized spacial score (nSPS) is 37.7. The molecular weight excluding hydrogens is 176 g/mol. The van der Waals surface area contributed by atoms with E-state index in [0.29, 0.717) is 5.41 Å². The number of hydrogen-bond donors (Lipinski definition) is 0. The van der Waals surface area contributed by atoms with E-state index in [9.17, 15) is 0 Å². The first-order valence-electron chi connectivity index (χ1n) is 4.76. The Morgan fingerprint density at radius 1 is 1.29 bits per heavy atom. The molecular formula is C10H10N4. The topological polar surface area (TPSA) is 61.7 Å². The zero-order valence-electron chi connectivity index (χ0n) is 7.72. The molecule has 0 aliphatic heterocycles. The van der Waals surface area contributed by atoms with Gasteiger partial charge < -0.3 is 0 Å². The highest BCUT2D eigenvalue weighted by molar-refractivity contribution is 5.40. The number of nitrogens with zero attached hydrogens (tertiary/aromatic N) is 4. The fourth-order valence-corrected chi connectivity index (χ4v) is 2.95. The van der Waals surface area contributed by atoms with Gasteiger partial charge in [0.1, 0.15) is 0 Å². The smallest absolute Gasteiger partial charge is 0.0513 e. The number of aromatic nitrogens is 1. The molecule has 14 heavy (non-hydrogen) atoms. The van der Waals surface area contributed by atoms with E-state index < -0.39 is 0 Å². The predicted molar refractivity (Wildman–Crippen MR) is 51.6 cm³/mol. The molecule has 4 nitrogen and oxygen atoms in total. The molecule has 3 aliphatic carbocycles. The van der Waals surface area contributed by atoms with Gasteiger partial charge in [-0.25, -0.2) is 0 Å². The number of hydrogen-bond acceptors (Lipinski definition) is 2. The molecule has 1 aromatic rings. The van der Waals surface area contributed by atoms with Gasteiger partial charge >= 0.3 is 0 Å². The van der Waals surface area contributed by atoms with Crippen LogP contribution in [0.15, 0.2) is 29.6 Å². The molecule has 70 valence electrons. The lowest BCUT2D eigenvalue weighted by Crippen LogP contribution is -2.68. The SMILES string of the molecule is [N-]=[N+]=NC12CC(c3ccncc3)(C1)C2. The highest BCUT2D eigenvalue weighted by atomic mass is 15.2. The van der Waals surface area contributed by atoms with Gasteiger partial charge in [0.15, 0.2) is 0 Å². The van der Waals surface area contributed by atoms with Gasteiger partial charge in [-0.2, -0.15) is 0 Å². The van der Waals surface area contributed by atoms with Gasteiger partial charge in [-0.15, -0.1) is 0 Å². The lowest BCUT2D eigenvalue weighted by Gasteiger charge is -2.68. The summed E-state index contributed by atoms with van der Waals surface area (Å²) >= 11 is 0. The van der Waals surface area contributed by atoms with Crippen LogP contribution in [0.25, 0.3) is 10.4 Å². The fourth-order valence-electron chi connectivity index (χ4n) is 2.95. The average Bonchev–Trinajstić information content (AvgIpc) is 2.10. The van der Waals surface area contributed by atoms with E-state index >= 15 is 0 Å². The molecule has 2 bridgehead atoms. The molecule has 0 spiro atoms. The second-order valence-corrected chi connectivity index (χ2v) is 4.46. The van der Waals surface area contributed by atoms with E-state index in [2.05, 4.69) is 27.1 Å². The molecule has 0 radical (unpaired) electrons. The maximum absolute atomic E-state index is 8.39. The van der Waals surface area contributed by atoms with Crippen LogP contribution >= 0.6 is 0 Å². The largest absolute Gasteiger partial charge is 0.265 e. The molecule has 3 fully saturated rings. The van der Waals surface area contributed by atoms with Crippen LogP contribution in [-0.2, 0) is 5.41 Å². The van der Waals surface area contributed by atoms with Crippen LogP contribution in [0.2, 0.25) is 0 Å². The Labute approximate surface area is 81.6 Å². The van der Waals surface area contributed by atoms with Crippen molar-refractivity contribution in [2.24, 2.45) is 5.11 Å². The summed E-state index contributed by atoms with van der Waals surface area (Å²) in [5.74, 6) is 0. The van der Waals surface area contributed by atoms with Gasteiger partial charge in [0.25, 0.3) is 0 Å². The van der Waals surface area contributed by atoms with Gasteiger partial charge in [0, 0.05) is 17.3 Å². The fraction of sp³-hybridized carbons (Fsp3) is 0.500. The first-order valence-corrected chi connectivity index (χ1v) is 4.76. The van der Waals surface area contributed by atoms with Crippen molar-refractivity contribution < 1.29 is 0 Å². The lowest BCUT2D eigenvalue weighted by atomic mass is 9.38. The summed E-state index contributed by atoms with van der Waals surface area (Å²) in [7, 11) is 0. The summed E-state index contributed by atoms with van der Waals surface area (Å²) in [6, 6.07) is 4.14. The molecule has 3 saturated carbocycles. The Morgan fingerprint density at radius 2 is 1.93 bits per heavy atom. The van der Waals surface area contributed by atoms with Crippen molar-refractivity contribution in [3.8, 4) is 0 Å². The van der Waals surface area contributed by atoms with Gasteiger partial charge in [-0.3, -0.25) is 4.98 Å². The summed E-state index contributed by atoms with van der Waals surface area (Å²) in [4.78, 5) is 6.91. The van der Waals surface area contributed by atoms with Gasteiger partial charge in [-0.1, -0.05) is 5.11 Å². The maximum atomic E-state index is 8.39. The van der Waals surface area contributed by atoms with Crippen molar-refractivity contribution in [3.63, 3.8) is 0 Å². The van der Waals surface area contributed by atoms with Crippen molar-refractivity contribution in [1.29, 1.82) is 0 Å². The summed E-state index contributed by atoms with van der Waals surface area (Å²) in [6.07, 6.45) is 6.72. The lowest BCUT2D eigenvalue weighted by molar-refractivity contribution is -0.0584. The van der Waals surface area contributed by atoms with Crippen molar-refractivity contribution in [3.05, 3.63) is 40.5 Å². The molecule has 4 heteroatoms. The van der Waals surface area contributed by atoms with E-state index in [1.807, 2.05) is 12.4 Å². The molecule has 0 amide bonds. The van der Waals surface area contributed by atoms with E-state index in [1.54, 1.807) is 0 Å². The molecule has 0 N–H and O–H groups in total. The Balaban J connectivity index is 1.85. The molecule has 0 saturated heterocycles. The van der Waals surface area contributed by atoms with E-state index in [4.69, 9.17) is 5.53 Å². The molecule has 4 rings (SSSR count). The van der Waals surface area contributed by atoms with E-state index in [-0.39, 0.29) is 5.54 Å². The van der Waals surface area contributed by atoms with Crippen LogP contribution in [0.5, 0.6) is 0 Å². The number of azide groups is 1. The Hall–Kier alpha value is -1.54. The highest BCUT2D eigenvalue weighted by Gasteiger charge is 2.68. The molecule has 0 aromatic carbocycles. The van der Waals surface area contributed by atoms with Crippen LogP contribution in [0.1, 0.15) is 24.8 Å². The summed E-state index contributed by atoms with van der Waals surface area (Å²) < 4.78 is 0. The van der Waals surface area contributed by atoms with Crippen LogP contribution in [0, 0.1) is 0 Å². The minimum absolute atomic E-state index is 0.0297. The zero-order valence-corrected chi connectivity index (χ0v) is 7.72. The Bertz CT molecular complexity index is 399. The summed E-state index contributed by atoms with van der Waals surface area (Å²) in [5.41, 5.74) is 10.0. The second-order valence-electron chi connectivity index (χ2n) is 4.46. The van der Waals surface area contributed by atoms with E-state index in [1.165, 1.54) is 5.56 Å². The Morgan fingerprint density at radius 3 is 2.50 bits per heavy atom. The third-order valence-electron chi connectivity index (χ3n) is 3.55. The van der Waals surface area contributed by atoms with Crippen molar-refractivity contribution >= 4 is 0 Å². The minimum Gasteiger partial charge on any atom is -0.265 e. The van der Waals surface area contributed by atoms with Crippen molar-refractivity contribution in [2.45, 2.75) is 30.2 Å². The van der Waals surface area contributed by atoms with Gasteiger partial charge in [0.2, 0.25) is 0 Å². The van der Waals surface area contributed by atoms with Gasteiger partial charge in [0.05, 0.1) is 5.54 Å². The first-order chi connectivity index (χ1) is 6.79. The van der Waals surface area contributed by atoms with E-state index in [0.717, 1.165) is 19.3 Å². The third-order valence-corrected chi connectivity index (χ3v) is 3.55. The zero-order chi connectivity index (χ0) is 9.65. The van der Waals surface area contributed by atoms with Crippen LogP contribution in [0.4, 0.5) is 0 Å². The monoisotopic (exact) mass is 186 g/mol. The van der Waals surface area contributed by atoms with Crippen LogP contribution in [0.3, 0.4) is 0 Å². The minimum atomic E-state index is -0.0297. The third kappa shape index (κ3) is 0.788. The van der Waals surface area contributed by atoms with Gasteiger partial charge in [-0.05, 0) is 47.9 Å². The van der Waals surface area contributed by atoms with Crippen LogP contribution in [-0.4, -0.2) is 10.5 Å². The summed E-state index contributed by atoms with van der Waals surface area (Å²) in [5, 5.41) is 3.86. The first kappa shape index (κ1) is 7.83. The predicted octanol–water partition coefficient (Wildman–Crippen LogP) is 2.57.